The molecule has 128 valence electrons. The third kappa shape index (κ3) is 2.16. The van der Waals surface area contributed by atoms with Crippen molar-refractivity contribution < 1.29 is 9.18 Å². The Hall–Kier alpha value is -1.38. The van der Waals surface area contributed by atoms with Gasteiger partial charge in [0.15, 0.2) is 0 Å². The topological polar surface area (TPSA) is 29.1 Å². The van der Waals surface area contributed by atoms with Crippen LogP contribution in [0.15, 0.2) is 24.3 Å². The zero-order valence-electron chi connectivity index (χ0n) is 14.1. The van der Waals surface area contributed by atoms with Crippen molar-refractivity contribution in [2.75, 3.05) is 0 Å². The highest BCUT2D eigenvalue weighted by atomic mass is 19.1. The lowest BCUT2D eigenvalue weighted by Crippen LogP contribution is -2.60. The van der Waals surface area contributed by atoms with Gasteiger partial charge in [-0.25, -0.2) is 4.39 Å². The molecule has 5 aliphatic carbocycles. The Morgan fingerprint density at radius 3 is 2.25 bits per heavy atom. The summed E-state index contributed by atoms with van der Waals surface area (Å²) >= 11 is 0. The van der Waals surface area contributed by atoms with Crippen LogP contribution in [-0.2, 0) is 10.2 Å². The lowest BCUT2D eigenvalue weighted by Gasteiger charge is -2.55. The molecule has 0 unspecified atom stereocenters. The maximum absolute atomic E-state index is 13.7. The van der Waals surface area contributed by atoms with Crippen molar-refractivity contribution >= 4 is 5.91 Å². The summed E-state index contributed by atoms with van der Waals surface area (Å²) in [5, 5.41) is 3.46. The number of nitrogens with one attached hydrogen (secondary N) is 1. The van der Waals surface area contributed by atoms with Crippen LogP contribution in [0, 0.1) is 29.5 Å². The Labute approximate surface area is 143 Å². The van der Waals surface area contributed by atoms with Gasteiger partial charge in [-0.2, -0.15) is 0 Å². The molecular weight excluding hydrogens is 301 g/mol. The molecule has 5 fully saturated rings. The number of carbonyl (C=O) groups excluding carboxylic acids is 1. The van der Waals surface area contributed by atoms with Crippen LogP contribution >= 0.6 is 0 Å². The SMILES string of the molecule is O=C(NC1C2CC3CC(C2)CC1C3)C1(c2cccc(F)c2)CCC1. The van der Waals surface area contributed by atoms with Gasteiger partial charge in [0.25, 0.3) is 0 Å². The van der Waals surface area contributed by atoms with E-state index in [0.717, 1.165) is 36.7 Å². The number of rotatable bonds is 3. The minimum atomic E-state index is -0.475. The summed E-state index contributed by atoms with van der Waals surface area (Å²) in [5.74, 6) is 3.14. The molecule has 5 saturated carbocycles. The first kappa shape index (κ1) is 14.9. The largest absolute Gasteiger partial charge is 0.352 e. The molecule has 0 heterocycles. The van der Waals surface area contributed by atoms with E-state index in [9.17, 15) is 9.18 Å². The lowest BCUT2D eigenvalue weighted by atomic mass is 9.54. The van der Waals surface area contributed by atoms with Gasteiger partial charge in [0, 0.05) is 6.04 Å². The van der Waals surface area contributed by atoms with E-state index in [1.165, 1.54) is 38.2 Å². The van der Waals surface area contributed by atoms with Gasteiger partial charge in [-0.15, -0.1) is 0 Å². The highest BCUT2D eigenvalue weighted by Gasteiger charge is 2.51. The molecule has 2 nitrogen and oxygen atoms in total. The molecular formula is C21H26FNO. The fourth-order valence-corrected chi connectivity index (χ4v) is 6.41. The van der Waals surface area contributed by atoms with Gasteiger partial charge in [-0.1, -0.05) is 18.6 Å². The maximum Gasteiger partial charge on any atom is 0.230 e. The number of benzene rings is 1. The van der Waals surface area contributed by atoms with Crippen molar-refractivity contribution in [2.45, 2.75) is 62.8 Å². The standard InChI is InChI=1S/C21H26FNO/c22-18-4-1-3-17(12-18)21(5-2-6-21)20(24)23-19-15-8-13-7-14(10-15)11-16(19)9-13/h1,3-4,12-16,19H,2,5-11H2,(H,23,24). The molecule has 0 radical (unpaired) electrons. The minimum Gasteiger partial charge on any atom is -0.352 e. The van der Waals surface area contributed by atoms with E-state index < -0.39 is 5.41 Å². The van der Waals surface area contributed by atoms with E-state index in [0.29, 0.717) is 17.9 Å². The summed E-state index contributed by atoms with van der Waals surface area (Å²) in [6, 6.07) is 7.07. The minimum absolute atomic E-state index is 0.164. The van der Waals surface area contributed by atoms with Crippen LogP contribution in [0.25, 0.3) is 0 Å². The van der Waals surface area contributed by atoms with Gasteiger partial charge in [0.1, 0.15) is 5.82 Å². The first-order valence-corrected chi connectivity index (χ1v) is 9.71. The number of amides is 1. The van der Waals surface area contributed by atoms with Crippen molar-refractivity contribution in [3.8, 4) is 0 Å². The number of hydrogen-bond acceptors (Lipinski definition) is 1. The zero-order valence-corrected chi connectivity index (χ0v) is 14.1. The fraction of sp³-hybridized carbons (Fsp3) is 0.667. The molecule has 0 aromatic heterocycles. The molecule has 0 atom stereocenters. The Kier molecular flexibility index (Phi) is 3.30. The molecule has 5 aliphatic rings. The van der Waals surface area contributed by atoms with E-state index in [-0.39, 0.29) is 11.7 Å². The van der Waals surface area contributed by atoms with Crippen LogP contribution < -0.4 is 5.32 Å². The van der Waals surface area contributed by atoms with Crippen LogP contribution in [0.2, 0.25) is 0 Å². The summed E-state index contributed by atoms with van der Waals surface area (Å²) in [5.41, 5.74) is 0.395. The molecule has 0 saturated heterocycles. The molecule has 0 spiro atoms. The molecule has 4 bridgehead atoms. The van der Waals surface area contributed by atoms with Gasteiger partial charge >= 0.3 is 0 Å². The van der Waals surface area contributed by atoms with Gasteiger partial charge in [-0.3, -0.25) is 4.79 Å². The van der Waals surface area contributed by atoms with E-state index in [1.807, 2.05) is 6.07 Å². The second-order valence-corrected chi connectivity index (χ2v) is 8.88. The second-order valence-electron chi connectivity index (χ2n) is 8.88. The lowest BCUT2D eigenvalue weighted by molar-refractivity contribution is -0.134. The highest BCUT2D eigenvalue weighted by Crippen LogP contribution is 2.54. The quantitative estimate of drug-likeness (QED) is 0.886. The van der Waals surface area contributed by atoms with E-state index in [4.69, 9.17) is 0 Å². The predicted molar refractivity (Wildman–Crippen MR) is 90.9 cm³/mol. The zero-order chi connectivity index (χ0) is 16.3. The highest BCUT2D eigenvalue weighted by molar-refractivity contribution is 5.89. The monoisotopic (exact) mass is 327 g/mol. The average molecular weight is 327 g/mol. The molecule has 1 amide bonds. The summed E-state index contributed by atoms with van der Waals surface area (Å²) in [4.78, 5) is 13.2. The van der Waals surface area contributed by atoms with Gasteiger partial charge in [0.05, 0.1) is 5.41 Å². The van der Waals surface area contributed by atoms with Gasteiger partial charge in [-0.05, 0) is 86.3 Å². The average Bonchev–Trinajstić information content (AvgIpc) is 2.49. The van der Waals surface area contributed by atoms with Crippen molar-refractivity contribution in [1.29, 1.82) is 0 Å². The molecule has 3 heteroatoms. The van der Waals surface area contributed by atoms with E-state index in [1.54, 1.807) is 12.1 Å². The van der Waals surface area contributed by atoms with Crippen LogP contribution in [0.1, 0.15) is 56.9 Å². The molecule has 0 aliphatic heterocycles. The Balaban J connectivity index is 1.38. The Morgan fingerprint density at radius 1 is 1.04 bits per heavy atom. The number of carbonyl (C=O) groups is 1. The Bertz CT molecular complexity index is 638. The van der Waals surface area contributed by atoms with Crippen molar-refractivity contribution in [3.63, 3.8) is 0 Å². The fourth-order valence-electron chi connectivity index (χ4n) is 6.41. The predicted octanol–water partition coefficient (Wildman–Crippen LogP) is 4.19. The molecule has 1 aromatic carbocycles. The number of halogens is 1. The van der Waals surface area contributed by atoms with Crippen LogP contribution in [0.3, 0.4) is 0 Å². The van der Waals surface area contributed by atoms with Crippen LogP contribution in [-0.4, -0.2) is 11.9 Å². The summed E-state index contributed by atoms with van der Waals surface area (Å²) in [6.45, 7) is 0. The van der Waals surface area contributed by atoms with Gasteiger partial charge < -0.3 is 5.32 Å². The molecule has 1 aromatic rings. The van der Waals surface area contributed by atoms with E-state index in [2.05, 4.69) is 5.32 Å². The molecule has 1 N–H and O–H groups in total. The third-order valence-corrected chi connectivity index (χ3v) is 7.54. The maximum atomic E-state index is 13.7. The van der Waals surface area contributed by atoms with Crippen molar-refractivity contribution in [3.05, 3.63) is 35.6 Å². The summed E-state index contributed by atoms with van der Waals surface area (Å²) < 4.78 is 13.7. The Morgan fingerprint density at radius 2 is 1.71 bits per heavy atom. The van der Waals surface area contributed by atoms with Crippen LogP contribution in [0.4, 0.5) is 4.39 Å². The molecule has 24 heavy (non-hydrogen) atoms. The number of hydrogen-bond donors (Lipinski definition) is 1. The first-order valence-electron chi connectivity index (χ1n) is 9.71. The van der Waals surface area contributed by atoms with Crippen molar-refractivity contribution in [2.24, 2.45) is 23.7 Å². The normalized spacial score (nSPS) is 38.6. The molecule has 6 rings (SSSR count). The summed E-state index contributed by atoms with van der Waals surface area (Å²) in [6.07, 6.45) is 9.45. The second kappa shape index (κ2) is 5.31. The first-order chi connectivity index (χ1) is 11.6. The van der Waals surface area contributed by atoms with Gasteiger partial charge in [0.2, 0.25) is 5.91 Å². The van der Waals surface area contributed by atoms with Crippen LogP contribution in [0.5, 0.6) is 0 Å². The van der Waals surface area contributed by atoms with E-state index >= 15 is 0 Å². The third-order valence-electron chi connectivity index (χ3n) is 7.54. The van der Waals surface area contributed by atoms with Crippen molar-refractivity contribution in [1.82, 2.24) is 5.32 Å². The summed E-state index contributed by atoms with van der Waals surface area (Å²) in [7, 11) is 0. The smallest absolute Gasteiger partial charge is 0.230 e.